The summed E-state index contributed by atoms with van der Waals surface area (Å²) in [6.07, 6.45) is 1.76. The number of aryl methyl sites for hydroxylation is 1. The summed E-state index contributed by atoms with van der Waals surface area (Å²) < 4.78 is 5.39. The van der Waals surface area contributed by atoms with Crippen LogP contribution < -0.4 is 5.32 Å². The van der Waals surface area contributed by atoms with Crippen molar-refractivity contribution in [3.63, 3.8) is 0 Å². The Kier molecular flexibility index (Phi) is 5.25. The minimum absolute atomic E-state index is 0.131. The van der Waals surface area contributed by atoms with Crippen molar-refractivity contribution in [2.75, 3.05) is 19.6 Å². The van der Waals surface area contributed by atoms with E-state index in [2.05, 4.69) is 20.4 Å². The smallest absolute Gasteiger partial charge is 0.241 e. The topological polar surface area (TPSA) is 71.3 Å². The van der Waals surface area contributed by atoms with Gasteiger partial charge in [0.25, 0.3) is 0 Å². The average Bonchev–Trinajstić information content (AvgIpc) is 3.04. The molecule has 0 radical (unpaired) electrons. The maximum Gasteiger partial charge on any atom is 0.241 e. The second-order valence-electron chi connectivity index (χ2n) is 6.33. The van der Waals surface area contributed by atoms with Gasteiger partial charge >= 0.3 is 0 Å². The van der Waals surface area contributed by atoms with E-state index in [9.17, 15) is 4.79 Å². The molecule has 24 heavy (non-hydrogen) atoms. The number of likely N-dealkylation sites (tertiary alicyclic amines) is 1. The minimum Gasteiger partial charge on any atom is -0.356 e. The first kappa shape index (κ1) is 16.6. The Morgan fingerprint density at radius 3 is 2.88 bits per heavy atom. The van der Waals surface area contributed by atoms with E-state index in [0.29, 0.717) is 24.8 Å². The molecule has 1 aromatic heterocycles. The van der Waals surface area contributed by atoms with Gasteiger partial charge < -0.3 is 9.84 Å². The number of aromatic nitrogens is 2. The molecule has 1 aliphatic heterocycles. The van der Waals surface area contributed by atoms with Crippen molar-refractivity contribution < 1.29 is 9.32 Å². The van der Waals surface area contributed by atoms with Gasteiger partial charge in [-0.15, -0.1) is 0 Å². The predicted molar refractivity (Wildman–Crippen MR) is 91.2 cm³/mol. The lowest BCUT2D eigenvalue weighted by atomic mass is 9.96. The van der Waals surface area contributed by atoms with Gasteiger partial charge in [0.1, 0.15) is 0 Å². The Labute approximate surface area is 142 Å². The van der Waals surface area contributed by atoms with E-state index in [1.807, 2.05) is 38.1 Å². The number of nitrogens with zero attached hydrogens (tertiary/aromatic N) is 3. The van der Waals surface area contributed by atoms with Crippen molar-refractivity contribution in [2.24, 2.45) is 5.92 Å². The second-order valence-corrected chi connectivity index (χ2v) is 6.33. The molecule has 0 atom stereocenters. The zero-order valence-electron chi connectivity index (χ0n) is 14.3. The Morgan fingerprint density at radius 1 is 1.38 bits per heavy atom. The summed E-state index contributed by atoms with van der Waals surface area (Å²) in [6.45, 7) is 7.09. The molecule has 1 N–H and O–H groups in total. The molecular weight excluding hydrogens is 304 g/mol. The Balaban J connectivity index is 1.56. The van der Waals surface area contributed by atoms with Crippen LogP contribution in [-0.2, 0) is 11.3 Å². The van der Waals surface area contributed by atoms with Crippen molar-refractivity contribution in [1.29, 1.82) is 0 Å². The van der Waals surface area contributed by atoms with E-state index >= 15 is 0 Å². The van der Waals surface area contributed by atoms with Crippen LogP contribution >= 0.6 is 0 Å². The molecule has 1 amide bonds. The number of carbonyl (C=O) groups excluding carboxylic acids is 1. The number of hydrogen-bond acceptors (Lipinski definition) is 5. The van der Waals surface area contributed by atoms with E-state index in [1.54, 1.807) is 0 Å². The lowest BCUT2D eigenvalue weighted by Crippen LogP contribution is -2.40. The number of piperidine rings is 1. The molecule has 1 saturated heterocycles. The van der Waals surface area contributed by atoms with Gasteiger partial charge in [0, 0.05) is 18.0 Å². The second kappa shape index (κ2) is 7.57. The molecule has 1 aromatic carbocycles. The number of nitrogens with one attached hydrogen (secondary N) is 1. The zero-order valence-corrected chi connectivity index (χ0v) is 14.3. The highest BCUT2D eigenvalue weighted by Gasteiger charge is 2.25. The van der Waals surface area contributed by atoms with Crippen LogP contribution in [0.1, 0.15) is 31.2 Å². The van der Waals surface area contributed by atoms with Gasteiger partial charge in [-0.05, 0) is 45.8 Å². The molecule has 2 aromatic rings. The number of rotatable bonds is 5. The molecule has 6 nitrogen and oxygen atoms in total. The third kappa shape index (κ3) is 4.00. The quantitative estimate of drug-likeness (QED) is 0.912. The first-order valence-corrected chi connectivity index (χ1v) is 8.55. The summed E-state index contributed by atoms with van der Waals surface area (Å²) in [4.78, 5) is 18.6. The van der Waals surface area contributed by atoms with Crippen LogP contribution in [0, 0.1) is 12.8 Å². The predicted octanol–water partition coefficient (Wildman–Crippen LogP) is 2.39. The average molecular weight is 328 g/mol. The van der Waals surface area contributed by atoms with Crippen LogP contribution in [-0.4, -0.2) is 40.6 Å². The van der Waals surface area contributed by atoms with E-state index in [-0.39, 0.29) is 11.8 Å². The van der Waals surface area contributed by atoms with E-state index in [0.717, 1.165) is 31.5 Å². The molecule has 6 heteroatoms. The molecule has 0 saturated carbocycles. The molecule has 128 valence electrons. The van der Waals surface area contributed by atoms with Gasteiger partial charge in [-0.3, -0.25) is 9.69 Å². The number of amides is 1. The minimum atomic E-state index is 0.131. The molecule has 3 rings (SSSR count). The molecular formula is C18H24N4O2. The van der Waals surface area contributed by atoms with Crippen molar-refractivity contribution >= 4 is 5.91 Å². The summed E-state index contributed by atoms with van der Waals surface area (Å²) in [5, 5.41) is 6.99. The molecule has 1 fully saturated rings. The lowest BCUT2D eigenvalue weighted by molar-refractivity contribution is -0.126. The molecule has 0 aliphatic carbocycles. The van der Waals surface area contributed by atoms with Crippen molar-refractivity contribution in [3.8, 4) is 11.4 Å². The van der Waals surface area contributed by atoms with Crippen LogP contribution in [0.2, 0.25) is 0 Å². The van der Waals surface area contributed by atoms with Crippen molar-refractivity contribution in [3.05, 3.63) is 35.7 Å². The number of carbonyl (C=O) groups is 1. The van der Waals surface area contributed by atoms with Gasteiger partial charge in [-0.25, -0.2) is 0 Å². The fourth-order valence-corrected chi connectivity index (χ4v) is 3.08. The number of benzene rings is 1. The van der Waals surface area contributed by atoms with Gasteiger partial charge in [-0.1, -0.05) is 28.9 Å². The van der Waals surface area contributed by atoms with E-state index < -0.39 is 0 Å². The summed E-state index contributed by atoms with van der Waals surface area (Å²) in [7, 11) is 0. The molecule has 1 aliphatic rings. The summed E-state index contributed by atoms with van der Waals surface area (Å²) in [6, 6.07) is 8.07. The van der Waals surface area contributed by atoms with Gasteiger partial charge in [0.05, 0.1) is 6.54 Å². The van der Waals surface area contributed by atoms with Gasteiger partial charge in [-0.2, -0.15) is 4.98 Å². The maximum atomic E-state index is 11.9. The number of hydrogen-bond donors (Lipinski definition) is 1. The van der Waals surface area contributed by atoms with Crippen molar-refractivity contribution in [2.45, 2.75) is 33.2 Å². The summed E-state index contributed by atoms with van der Waals surface area (Å²) >= 11 is 0. The van der Waals surface area contributed by atoms with Crippen molar-refractivity contribution in [1.82, 2.24) is 20.4 Å². The third-order valence-electron chi connectivity index (χ3n) is 4.41. The zero-order chi connectivity index (χ0) is 16.9. The summed E-state index contributed by atoms with van der Waals surface area (Å²) in [5.41, 5.74) is 2.14. The van der Waals surface area contributed by atoms with E-state index in [4.69, 9.17) is 4.52 Å². The van der Waals surface area contributed by atoms with Gasteiger partial charge in [0.2, 0.25) is 17.6 Å². The van der Waals surface area contributed by atoms with Crippen LogP contribution in [0.3, 0.4) is 0 Å². The highest BCUT2D eigenvalue weighted by Crippen LogP contribution is 2.21. The fraction of sp³-hybridized carbons (Fsp3) is 0.500. The normalized spacial score (nSPS) is 16.2. The Morgan fingerprint density at radius 2 is 2.17 bits per heavy atom. The van der Waals surface area contributed by atoms with Crippen LogP contribution in [0.25, 0.3) is 11.4 Å². The lowest BCUT2D eigenvalue weighted by Gasteiger charge is -2.30. The highest BCUT2D eigenvalue weighted by molar-refractivity contribution is 5.78. The largest absolute Gasteiger partial charge is 0.356 e. The fourth-order valence-electron chi connectivity index (χ4n) is 3.08. The molecule has 0 unspecified atom stereocenters. The molecule has 2 heterocycles. The van der Waals surface area contributed by atoms with Crippen LogP contribution in [0.5, 0.6) is 0 Å². The van der Waals surface area contributed by atoms with Crippen LogP contribution in [0.15, 0.2) is 28.8 Å². The highest BCUT2D eigenvalue weighted by atomic mass is 16.5. The van der Waals surface area contributed by atoms with Crippen LogP contribution in [0.4, 0.5) is 0 Å². The SMILES string of the molecule is CCNC(=O)C1CCN(Cc2nc(-c3cccc(C)c3)no2)CC1. The first-order valence-electron chi connectivity index (χ1n) is 8.55. The molecule has 0 bridgehead atoms. The monoisotopic (exact) mass is 328 g/mol. The third-order valence-corrected chi connectivity index (χ3v) is 4.41. The van der Waals surface area contributed by atoms with E-state index in [1.165, 1.54) is 5.56 Å². The van der Waals surface area contributed by atoms with Gasteiger partial charge in [0.15, 0.2) is 0 Å². The molecule has 0 spiro atoms. The standard InChI is InChI=1S/C18H24N4O2/c1-3-19-18(23)14-7-9-22(10-8-14)12-16-20-17(21-24-16)15-6-4-5-13(2)11-15/h4-6,11,14H,3,7-10,12H2,1-2H3,(H,19,23). The summed E-state index contributed by atoms with van der Waals surface area (Å²) in [5.74, 6) is 1.57. The first-order chi connectivity index (χ1) is 11.7. The Hall–Kier alpha value is -2.21. The maximum absolute atomic E-state index is 11.9. The Bertz CT molecular complexity index is 690.